The zero-order valence-corrected chi connectivity index (χ0v) is 14.1. The third kappa shape index (κ3) is 3.37. The molecule has 5 heteroatoms. The normalized spacial score (nSPS) is 10.8. The second kappa shape index (κ2) is 6.66. The number of benzene rings is 1. The van der Waals surface area contributed by atoms with Gasteiger partial charge in [-0.15, -0.1) is 0 Å². The highest BCUT2D eigenvalue weighted by Crippen LogP contribution is 2.28. The van der Waals surface area contributed by atoms with Gasteiger partial charge in [-0.2, -0.15) is 0 Å². The van der Waals surface area contributed by atoms with E-state index < -0.39 is 0 Å². The Kier molecular flexibility index (Phi) is 5.13. The summed E-state index contributed by atoms with van der Waals surface area (Å²) in [4.78, 5) is 9.25. The summed E-state index contributed by atoms with van der Waals surface area (Å²) in [6, 6.07) is 5.74. The van der Waals surface area contributed by atoms with E-state index in [4.69, 9.17) is 11.6 Å². The Hall–Kier alpha value is -0.970. The molecule has 0 amide bonds. The summed E-state index contributed by atoms with van der Waals surface area (Å²) in [7, 11) is 1.95. The van der Waals surface area contributed by atoms with Gasteiger partial charge >= 0.3 is 0 Å². The van der Waals surface area contributed by atoms with Crippen molar-refractivity contribution in [3.8, 4) is 11.4 Å². The summed E-state index contributed by atoms with van der Waals surface area (Å²) < 4.78 is 0.856. The van der Waals surface area contributed by atoms with Gasteiger partial charge in [0.2, 0.25) is 0 Å². The third-order valence-electron chi connectivity index (χ3n) is 3.22. The quantitative estimate of drug-likeness (QED) is 0.904. The highest BCUT2D eigenvalue weighted by molar-refractivity contribution is 9.10. The van der Waals surface area contributed by atoms with Gasteiger partial charge in [-0.3, -0.25) is 0 Å². The lowest BCUT2D eigenvalue weighted by molar-refractivity contribution is 0.774. The molecule has 0 saturated carbocycles. The zero-order chi connectivity index (χ0) is 14.7. The Morgan fingerprint density at radius 2 is 1.85 bits per heavy atom. The Morgan fingerprint density at radius 3 is 2.40 bits per heavy atom. The van der Waals surface area contributed by atoms with Crippen LogP contribution in [0.5, 0.6) is 0 Å². The van der Waals surface area contributed by atoms with Gasteiger partial charge in [-0.25, -0.2) is 9.97 Å². The molecule has 0 spiro atoms. The summed E-state index contributed by atoms with van der Waals surface area (Å²) in [5.41, 5.74) is 4.26. The van der Waals surface area contributed by atoms with Crippen molar-refractivity contribution < 1.29 is 0 Å². The van der Waals surface area contributed by atoms with Crippen molar-refractivity contribution in [3.63, 3.8) is 0 Å². The molecular formula is C15H17BrClN3. The lowest BCUT2D eigenvalue weighted by Gasteiger charge is -2.11. The van der Waals surface area contributed by atoms with Crippen molar-refractivity contribution in [1.29, 1.82) is 0 Å². The molecule has 1 heterocycles. The SMILES string of the molecule is CNCCc1c(C)nc(-c2ccc(Cl)c(Br)c2)nc1C. The van der Waals surface area contributed by atoms with E-state index in [0.717, 1.165) is 40.2 Å². The molecule has 0 bridgehead atoms. The maximum atomic E-state index is 6.02. The molecule has 106 valence electrons. The fourth-order valence-corrected chi connectivity index (χ4v) is 2.61. The number of aryl methyl sites for hydroxylation is 2. The lowest BCUT2D eigenvalue weighted by atomic mass is 10.1. The van der Waals surface area contributed by atoms with E-state index in [2.05, 4.69) is 31.2 Å². The van der Waals surface area contributed by atoms with Crippen LogP contribution in [0.4, 0.5) is 0 Å². The molecule has 1 aromatic heterocycles. The Morgan fingerprint density at radius 1 is 1.20 bits per heavy atom. The fourth-order valence-electron chi connectivity index (χ4n) is 2.12. The molecule has 0 saturated heterocycles. The van der Waals surface area contributed by atoms with Gasteiger partial charge in [-0.05, 0) is 73.6 Å². The van der Waals surface area contributed by atoms with Crippen molar-refractivity contribution in [2.75, 3.05) is 13.6 Å². The molecule has 0 aliphatic heterocycles. The largest absolute Gasteiger partial charge is 0.319 e. The minimum absolute atomic E-state index is 0.688. The number of nitrogens with one attached hydrogen (secondary N) is 1. The van der Waals surface area contributed by atoms with Gasteiger partial charge in [0.1, 0.15) is 0 Å². The van der Waals surface area contributed by atoms with Gasteiger partial charge in [0.25, 0.3) is 0 Å². The van der Waals surface area contributed by atoms with E-state index in [0.29, 0.717) is 5.02 Å². The van der Waals surface area contributed by atoms with Crippen LogP contribution in [0.15, 0.2) is 22.7 Å². The first-order valence-electron chi connectivity index (χ1n) is 6.47. The molecule has 2 aromatic rings. The van der Waals surface area contributed by atoms with Crippen molar-refractivity contribution >= 4 is 27.5 Å². The second-order valence-corrected chi connectivity index (χ2v) is 5.94. The summed E-state index contributed by atoms with van der Waals surface area (Å²) >= 11 is 9.45. The highest BCUT2D eigenvalue weighted by Gasteiger charge is 2.10. The monoisotopic (exact) mass is 353 g/mol. The van der Waals surface area contributed by atoms with Gasteiger partial charge < -0.3 is 5.32 Å². The molecule has 20 heavy (non-hydrogen) atoms. The van der Waals surface area contributed by atoms with Crippen LogP contribution in [-0.4, -0.2) is 23.6 Å². The Balaban J connectivity index is 2.41. The van der Waals surface area contributed by atoms with Crippen LogP contribution in [0.3, 0.4) is 0 Å². The molecule has 0 radical (unpaired) electrons. The van der Waals surface area contributed by atoms with Gasteiger partial charge in [0.05, 0.1) is 5.02 Å². The minimum atomic E-state index is 0.688. The predicted octanol–water partition coefficient (Wildman–Crippen LogP) is 3.94. The van der Waals surface area contributed by atoms with Crippen LogP contribution < -0.4 is 5.32 Å². The van der Waals surface area contributed by atoms with Gasteiger partial charge in [-0.1, -0.05) is 11.6 Å². The summed E-state index contributed by atoms with van der Waals surface area (Å²) in [6.45, 7) is 5.00. The van der Waals surface area contributed by atoms with E-state index in [1.165, 1.54) is 5.56 Å². The van der Waals surface area contributed by atoms with Gasteiger partial charge in [0, 0.05) is 21.4 Å². The maximum absolute atomic E-state index is 6.02. The standard InChI is InChI=1S/C15H17BrClN3/c1-9-12(6-7-18-3)10(2)20-15(19-9)11-4-5-14(17)13(16)8-11/h4-5,8,18H,6-7H2,1-3H3. The molecule has 1 aromatic carbocycles. The smallest absolute Gasteiger partial charge is 0.159 e. The van der Waals surface area contributed by atoms with E-state index in [-0.39, 0.29) is 0 Å². The fraction of sp³-hybridized carbons (Fsp3) is 0.333. The molecule has 1 N–H and O–H groups in total. The third-order valence-corrected chi connectivity index (χ3v) is 4.44. The molecule has 0 aliphatic carbocycles. The van der Waals surface area contributed by atoms with Crippen LogP contribution in [-0.2, 0) is 6.42 Å². The number of likely N-dealkylation sites (N-methyl/N-ethyl adjacent to an activating group) is 1. The van der Waals surface area contributed by atoms with Gasteiger partial charge in [0.15, 0.2) is 5.82 Å². The molecular weight excluding hydrogens is 338 g/mol. The summed E-state index contributed by atoms with van der Waals surface area (Å²) in [5.74, 6) is 0.741. The number of hydrogen-bond donors (Lipinski definition) is 1. The van der Waals surface area contributed by atoms with Crippen LogP contribution >= 0.6 is 27.5 Å². The number of hydrogen-bond acceptors (Lipinski definition) is 3. The second-order valence-electron chi connectivity index (χ2n) is 4.68. The average molecular weight is 355 g/mol. The molecule has 3 nitrogen and oxygen atoms in total. The molecule has 2 rings (SSSR count). The molecule has 0 fully saturated rings. The maximum Gasteiger partial charge on any atom is 0.159 e. The number of halogens is 2. The predicted molar refractivity (Wildman–Crippen MR) is 87.3 cm³/mol. The zero-order valence-electron chi connectivity index (χ0n) is 11.8. The average Bonchev–Trinajstić information content (AvgIpc) is 2.41. The van der Waals surface area contributed by atoms with Crippen LogP contribution in [0.2, 0.25) is 5.02 Å². The van der Waals surface area contributed by atoms with E-state index >= 15 is 0 Å². The number of rotatable bonds is 4. The van der Waals surface area contributed by atoms with E-state index in [9.17, 15) is 0 Å². The van der Waals surface area contributed by atoms with Crippen molar-refractivity contribution in [2.45, 2.75) is 20.3 Å². The Labute approximate surface area is 132 Å². The first-order chi connectivity index (χ1) is 9.52. The summed E-state index contributed by atoms with van der Waals surface area (Å²) in [6.07, 6.45) is 0.943. The molecule has 0 unspecified atom stereocenters. The van der Waals surface area contributed by atoms with Crippen LogP contribution in [0, 0.1) is 13.8 Å². The minimum Gasteiger partial charge on any atom is -0.319 e. The van der Waals surface area contributed by atoms with Crippen LogP contribution in [0.1, 0.15) is 17.0 Å². The van der Waals surface area contributed by atoms with Crippen molar-refractivity contribution in [2.24, 2.45) is 0 Å². The highest BCUT2D eigenvalue weighted by atomic mass is 79.9. The van der Waals surface area contributed by atoms with Crippen LogP contribution in [0.25, 0.3) is 11.4 Å². The summed E-state index contributed by atoms with van der Waals surface area (Å²) in [5, 5.41) is 3.84. The number of aromatic nitrogens is 2. The first kappa shape index (κ1) is 15.4. The number of nitrogens with zero attached hydrogens (tertiary/aromatic N) is 2. The topological polar surface area (TPSA) is 37.8 Å². The molecule has 0 atom stereocenters. The van der Waals surface area contributed by atoms with E-state index in [1.54, 1.807) is 0 Å². The lowest BCUT2D eigenvalue weighted by Crippen LogP contribution is -2.13. The molecule has 0 aliphatic rings. The van der Waals surface area contributed by atoms with E-state index in [1.807, 2.05) is 39.1 Å². The van der Waals surface area contributed by atoms with Crippen molar-refractivity contribution in [3.05, 3.63) is 44.6 Å². The first-order valence-corrected chi connectivity index (χ1v) is 7.64. The van der Waals surface area contributed by atoms with Crippen molar-refractivity contribution in [1.82, 2.24) is 15.3 Å². The Bertz CT molecular complexity index is 606.